The van der Waals surface area contributed by atoms with Gasteiger partial charge in [0.15, 0.2) is 0 Å². The van der Waals surface area contributed by atoms with Gasteiger partial charge in [-0.15, -0.1) is 0 Å². The molecule has 0 bridgehead atoms. The van der Waals surface area contributed by atoms with E-state index in [0.717, 1.165) is 12.5 Å². The molecule has 114 valence electrons. The highest BCUT2D eigenvalue weighted by molar-refractivity contribution is 5.95. The number of hydrogen-bond acceptors (Lipinski definition) is 3. The largest absolute Gasteiger partial charge is 0.491 e. The Balaban J connectivity index is 2.64. The predicted octanol–water partition coefficient (Wildman–Crippen LogP) is 4.47. The van der Waals surface area contributed by atoms with Crippen molar-refractivity contribution in [2.45, 2.75) is 26.4 Å². The minimum Gasteiger partial charge on any atom is -0.491 e. The van der Waals surface area contributed by atoms with E-state index < -0.39 is 11.9 Å². The second-order valence-corrected chi connectivity index (χ2v) is 4.58. The number of ether oxygens (including phenoxy) is 1. The molecule has 0 radical (unpaired) electrons. The fourth-order valence-electron chi connectivity index (χ4n) is 2.03. The maximum absolute atomic E-state index is 13.0. The third-order valence-electron chi connectivity index (χ3n) is 2.92. The molecule has 0 unspecified atom stereocenters. The molecule has 3 nitrogen and oxygen atoms in total. The molecule has 0 aliphatic heterocycles. The third-order valence-corrected chi connectivity index (χ3v) is 2.92. The molecule has 0 spiro atoms. The predicted molar refractivity (Wildman–Crippen MR) is 76.7 cm³/mol. The summed E-state index contributed by atoms with van der Waals surface area (Å²) in [7, 11) is 0. The van der Waals surface area contributed by atoms with Crippen LogP contribution in [0.1, 0.15) is 26.0 Å². The normalized spacial score (nSPS) is 11.7. The van der Waals surface area contributed by atoms with Gasteiger partial charge in [-0.3, -0.25) is 0 Å². The summed E-state index contributed by atoms with van der Waals surface area (Å²) in [6.07, 6.45) is -3.72. The molecule has 0 aliphatic carbocycles. The molecule has 0 fully saturated rings. The number of halogens is 3. The van der Waals surface area contributed by atoms with E-state index in [9.17, 15) is 13.2 Å². The van der Waals surface area contributed by atoms with Gasteiger partial charge in [-0.25, -0.2) is 4.98 Å². The van der Waals surface area contributed by atoms with Crippen LogP contribution < -0.4 is 10.1 Å². The van der Waals surface area contributed by atoms with E-state index in [-0.39, 0.29) is 5.52 Å². The van der Waals surface area contributed by atoms with Gasteiger partial charge in [0.05, 0.1) is 6.61 Å². The first-order chi connectivity index (χ1) is 9.97. The highest BCUT2D eigenvalue weighted by Crippen LogP contribution is 2.36. The number of para-hydroxylation sites is 1. The Morgan fingerprint density at radius 3 is 2.62 bits per heavy atom. The van der Waals surface area contributed by atoms with Gasteiger partial charge < -0.3 is 10.1 Å². The van der Waals surface area contributed by atoms with E-state index in [1.54, 1.807) is 18.2 Å². The van der Waals surface area contributed by atoms with E-state index in [2.05, 4.69) is 10.3 Å². The quantitative estimate of drug-likeness (QED) is 0.884. The summed E-state index contributed by atoms with van der Waals surface area (Å²) in [5.74, 6) is 0.375. The average molecular weight is 298 g/mol. The second kappa shape index (κ2) is 6.20. The van der Waals surface area contributed by atoms with E-state index in [0.29, 0.717) is 30.0 Å². The fraction of sp³-hybridized carbons (Fsp3) is 0.400. The molecule has 0 saturated carbocycles. The number of alkyl halides is 3. The minimum atomic E-state index is -4.49. The molecule has 21 heavy (non-hydrogen) atoms. The number of anilines is 1. The Hall–Kier alpha value is -1.98. The number of hydrogen-bond donors (Lipinski definition) is 1. The van der Waals surface area contributed by atoms with Crippen LogP contribution in [0.3, 0.4) is 0 Å². The number of aromatic nitrogens is 1. The van der Waals surface area contributed by atoms with E-state index in [1.807, 2.05) is 13.8 Å². The first kappa shape index (κ1) is 15.4. The molecular weight excluding hydrogens is 281 g/mol. The van der Waals surface area contributed by atoms with Crippen LogP contribution >= 0.6 is 0 Å². The Labute approximate surface area is 121 Å². The van der Waals surface area contributed by atoms with Crippen molar-refractivity contribution in [2.24, 2.45) is 0 Å². The summed E-state index contributed by atoms with van der Waals surface area (Å²) >= 11 is 0. The molecule has 1 N–H and O–H groups in total. The van der Waals surface area contributed by atoms with Crippen LogP contribution in [0.5, 0.6) is 5.75 Å². The summed E-state index contributed by atoms with van der Waals surface area (Å²) in [6, 6.07) is 6.17. The maximum Gasteiger partial charge on any atom is 0.433 e. The van der Waals surface area contributed by atoms with Crippen LogP contribution in [-0.2, 0) is 6.18 Å². The Morgan fingerprint density at radius 1 is 1.24 bits per heavy atom. The van der Waals surface area contributed by atoms with Gasteiger partial charge in [0.1, 0.15) is 17.0 Å². The Kier molecular flexibility index (Phi) is 4.55. The number of nitrogens with one attached hydrogen (secondary N) is 1. The second-order valence-electron chi connectivity index (χ2n) is 4.58. The van der Waals surface area contributed by atoms with Crippen molar-refractivity contribution in [1.29, 1.82) is 0 Å². The van der Waals surface area contributed by atoms with E-state index in [4.69, 9.17) is 4.74 Å². The van der Waals surface area contributed by atoms with Gasteiger partial charge in [0.25, 0.3) is 0 Å². The van der Waals surface area contributed by atoms with Gasteiger partial charge in [-0.2, -0.15) is 13.2 Å². The van der Waals surface area contributed by atoms with Crippen LogP contribution in [0.15, 0.2) is 24.3 Å². The first-order valence-electron chi connectivity index (χ1n) is 6.85. The fourth-order valence-corrected chi connectivity index (χ4v) is 2.03. The first-order valence-corrected chi connectivity index (χ1v) is 6.85. The SMILES string of the molecule is CCCOc1cccc2c(NCC)cc(C(F)(F)F)nc12. The smallest absolute Gasteiger partial charge is 0.433 e. The van der Waals surface area contributed by atoms with E-state index in [1.165, 1.54) is 0 Å². The van der Waals surface area contributed by atoms with Gasteiger partial charge in [0.2, 0.25) is 0 Å². The molecule has 1 aromatic carbocycles. The van der Waals surface area contributed by atoms with Crippen molar-refractivity contribution >= 4 is 16.6 Å². The van der Waals surface area contributed by atoms with Gasteiger partial charge in [-0.05, 0) is 25.5 Å². The molecule has 0 aliphatic rings. The lowest BCUT2D eigenvalue weighted by molar-refractivity contribution is -0.140. The number of benzene rings is 1. The van der Waals surface area contributed by atoms with Crippen LogP contribution in [0.25, 0.3) is 10.9 Å². The molecule has 6 heteroatoms. The molecule has 2 rings (SSSR count). The van der Waals surface area contributed by atoms with Crippen LogP contribution in [-0.4, -0.2) is 18.1 Å². The number of nitrogens with zero attached hydrogens (tertiary/aromatic N) is 1. The zero-order valence-electron chi connectivity index (χ0n) is 11.9. The van der Waals surface area contributed by atoms with Crippen LogP contribution in [0.4, 0.5) is 18.9 Å². The molecule has 1 aromatic heterocycles. The molecule has 2 aromatic rings. The molecule has 1 heterocycles. The summed E-state index contributed by atoms with van der Waals surface area (Å²) in [4.78, 5) is 3.75. The Morgan fingerprint density at radius 2 is 2.00 bits per heavy atom. The van der Waals surface area contributed by atoms with Gasteiger partial charge >= 0.3 is 6.18 Å². The zero-order valence-corrected chi connectivity index (χ0v) is 11.9. The van der Waals surface area contributed by atoms with Crippen molar-refractivity contribution in [2.75, 3.05) is 18.5 Å². The topological polar surface area (TPSA) is 34.1 Å². The van der Waals surface area contributed by atoms with Crippen molar-refractivity contribution in [1.82, 2.24) is 4.98 Å². The monoisotopic (exact) mass is 298 g/mol. The standard InChI is InChI=1S/C15H17F3N2O/c1-3-8-21-12-7-5-6-10-11(19-4-2)9-13(15(16,17)18)20-14(10)12/h5-7,9H,3-4,8H2,1-2H3,(H,19,20). The van der Waals surface area contributed by atoms with Crippen molar-refractivity contribution in [3.8, 4) is 5.75 Å². The lowest BCUT2D eigenvalue weighted by Gasteiger charge is -2.15. The third kappa shape index (κ3) is 3.37. The highest BCUT2D eigenvalue weighted by Gasteiger charge is 2.33. The van der Waals surface area contributed by atoms with Crippen molar-refractivity contribution in [3.05, 3.63) is 30.0 Å². The van der Waals surface area contributed by atoms with Crippen molar-refractivity contribution < 1.29 is 17.9 Å². The van der Waals surface area contributed by atoms with Crippen LogP contribution in [0, 0.1) is 0 Å². The van der Waals surface area contributed by atoms with Gasteiger partial charge in [0, 0.05) is 17.6 Å². The highest BCUT2D eigenvalue weighted by atomic mass is 19.4. The Bertz CT molecular complexity index is 626. The number of pyridine rings is 1. The molecule has 0 atom stereocenters. The van der Waals surface area contributed by atoms with Crippen LogP contribution in [0.2, 0.25) is 0 Å². The molecule has 0 amide bonds. The lowest BCUT2D eigenvalue weighted by atomic mass is 10.1. The summed E-state index contributed by atoms with van der Waals surface area (Å²) in [5, 5.41) is 3.57. The minimum absolute atomic E-state index is 0.233. The van der Waals surface area contributed by atoms with E-state index >= 15 is 0 Å². The average Bonchev–Trinajstić information content (AvgIpc) is 2.44. The summed E-state index contributed by atoms with van der Waals surface area (Å²) in [6.45, 7) is 4.73. The van der Waals surface area contributed by atoms with Gasteiger partial charge in [-0.1, -0.05) is 19.1 Å². The summed E-state index contributed by atoms with van der Waals surface area (Å²) < 4.78 is 44.5. The zero-order chi connectivity index (χ0) is 15.5. The summed E-state index contributed by atoms with van der Waals surface area (Å²) in [5.41, 5.74) is -0.271. The number of rotatable bonds is 5. The maximum atomic E-state index is 13.0. The molecule has 0 saturated heterocycles. The lowest BCUT2D eigenvalue weighted by Crippen LogP contribution is -2.10. The van der Waals surface area contributed by atoms with Crippen molar-refractivity contribution in [3.63, 3.8) is 0 Å². The molecular formula is C15H17F3N2O. The number of fused-ring (bicyclic) bond motifs is 1.